The van der Waals surface area contributed by atoms with Gasteiger partial charge in [-0.25, -0.2) is 4.39 Å². The highest BCUT2D eigenvalue weighted by molar-refractivity contribution is 5.99. The van der Waals surface area contributed by atoms with Gasteiger partial charge in [0, 0.05) is 11.8 Å². The Morgan fingerprint density at radius 1 is 1.00 bits per heavy atom. The van der Waals surface area contributed by atoms with Crippen molar-refractivity contribution >= 4 is 11.8 Å². The lowest BCUT2D eigenvalue weighted by atomic mass is 10.0. The Labute approximate surface area is 164 Å². The summed E-state index contributed by atoms with van der Waals surface area (Å²) >= 11 is 0. The molecule has 29 heavy (non-hydrogen) atoms. The third-order valence-corrected chi connectivity index (χ3v) is 4.65. The fourth-order valence-corrected chi connectivity index (χ4v) is 3.18. The lowest BCUT2D eigenvalue weighted by Crippen LogP contribution is -2.11. The maximum Gasteiger partial charge on any atom is 0.419 e. The Hall–Kier alpha value is -3.22. The summed E-state index contributed by atoms with van der Waals surface area (Å²) in [4.78, 5) is 8.87. The van der Waals surface area contributed by atoms with E-state index in [2.05, 4.69) is 9.98 Å². The summed E-state index contributed by atoms with van der Waals surface area (Å²) in [6, 6.07) is 11.8. The van der Waals surface area contributed by atoms with Gasteiger partial charge in [0.2, 0.25) is 0 Å². The third-order valence-electron chi connectivity index (χ3n) is 4.65. The van der Waals surface area contributed by atoms with Crippen LogP contribution in [0.25, 0.3) is 17.4 Å². The largest absolute Gasteiger partial charge is 0.457 e. The Morgan fingerprint density at radius 2 is 1.86 bits per heavy atom. The van der Waals surface area contributed by atoms with Gasteiger partial charge < -0.3 is 4.42 Å². The van der Waals surface area contributed by atoms with Gasteiger partial charge in [-0.2, -0.15) is 13.2 Å². The van der Waals surface area contributed by atoms with Crippen LogP contribution in [-0.2, 0) is 6.18 Å². The summed E-state index contributed by atoms with van der Waals surface area (Å²) in [5, 5.41) is 0. The summed E-state index contributed by atoms with van der Waals surface area (Å²) in [6.45, 7) is 0.511. The number of halogens is 4. The summed E-state index contributed by atoms with van der Waals surface area (Å²) in [6.07, 6.45) is 0.357. The minimum absolute atomic E-state index is 0.169. The second-order valence-electron chi connectivity index (χ2n) is 6.67. The smallest absolute Gasteiger partial charge is 0.419 e. The first-order valence-electron chi connectivity index (χ1n) is 9.01. The van der Waals surface area contributed by atoms with E-state index in [-0.39, 0.29) is 11.3 Å². The van der Waals surface area contributed by atoms with Crippen LogP contribution in [0.1, 0.15) is 29.9 Å². The van der Waals surface area contributed by atoms with E-state index in [1.54, 1.807) is 18.3 Å². The number of hydrogen-bond acceptors (Lipinski definition) is 3. The van der Waals surface area contributed by atoms with Crippen molar-refractivity contribution in [1.82, 2.24) is 4.98 Å². The van der Waals surface area contributed by atoms with Gasteiger partial charge in [-0.3, -0.25) is 9.98 Å². The van der Waals surface area contributed by atoms with Gasteiger partial charge in [-0.05, 0) is 67.0 Å². The van der Waals surface area contributed by atoms with Gasteiger partial charge in [0.05, 0.1) is 23.5 Å². The zero-order chi connectivity index (χ0) is 20.4. The Bertz CT molecular complexity index is 1080. The minimum atomic E-state index is -4.76. The average molecular weight is 400 g/mol. The molecule has 0 saturated heterocycles. The molecule has 0 spiro atoms. The third kappa shape index (κ3) is 4.29. The molecule has 0 amide bonds. The van der Waals surface area contributed by atoms with E-state index in [0.29, 0.717) is 12.3 Å². The zero-order valence-corrected chi connectivity index (χ0v) is 15.2. The number of aromatic nitrogens is 1. The minimum Gasteiger partial charge on any atom is -0.457 e. The molecule has 148 valence electrons. The van der Waals surface area contributed by atoms with Crippen LogP contribution < -0.4 is 0 Å². The first kappa shape index (κ1) is 19.1. The molecule has 3 nitrogen and oxygen atoms in total. The number of hydrogen-bond donors (Lipinski definition) is 0. The summed E-state index contributed by atoms with van der Waals surface area (Å²) in [5.41, 5.74) is 1.73. The quantitative estimate of drug-likeness (QED) is 0.494. The average Bonchev–Trinajstić information content (AvgIpc) is 3.17. The first-order valence-corrected chi connectivity index (χ1v) is 9.01. The molecule has 1 aromatic carbocycles. The molecule has 2 aromatic heterocycles. The zero-order valence-electron chi connectivity index (χ0n) is 15.2. The topological polar surface area (TPSA) is 38.4 Å². The molecule has 1 aliphatic rings. The van der Waals surface area contributed by atoms with E-state index in [1.807, 2.05) is 24.3 Å². The summed E-state index contributed by atoms with van der Waals surface area (Å²) < 4.78 is 57.9. The van der Waals surface area contributed by atoms with Crippen LogP contribution in [-0.4, -0.2) is 17.2 Å². The molecule has 3 aromatic rings. The Balaban J connectivity index is 1.53. The van der Waals surface area contributed by atoms with Crippen LogP contribution >= 0.6 is 0 Å². The lowest BCUT2D eigenvalue weighted by molar-refractivity contribution is -0.139. The molecule has 0 saturated carbocycles. The van der Waals surface area contributed by atoms with E-state index >= 15 is 0 Å². The van der Waals surface area contributed by atoms with E-state index in [1.165, 1.54) is 6.07 Å². The molecule has 0 unspecified atom stereocenters. The SMILES string of the molecule is Fc1ccc(-c2ccc(C=C3CCC(c4ccccn4)=NC3)o2)cc1C(F)(F)F. The fraction of sp³-hybridized carbons (Fsp3) is 0.182. The van der Waals surface area contributed by atoms with Crippen molar-refractivity contribution < 1.29 is 22.0 Å². The maximum atomic E-state index is 13.5. The van der Waals surface area contributed by atoms with Crippen molar-refractivity contribution in [3.63, 3.8) is 0 Å². The molecule has 0 atom stereocenters. The number of aliphatic imine (C=N–C) groups is 1. The van der Waals surface area contributed by atoms with Crippen molar-refractivity contribution in [2.75, 3.05) is 6.54 Å². The number of nitrogens with zero attached hydrogens (tertiary/aromatic N) is 2. The van der Waals surface area contributed by atoms with Crippen LogP contribution in [0.5, 0.6) is 0 Å². The highest BCUT2D eigenvalue weighted by Crippen LogP contribution is 2.35. The van der Waals surface area contributed by atoms with Gasteiger partial charge in [0.25, 0.3) is 0 Å². The maximum absolute atomic E-state index is 13.5. The van der Waals surface area contributed by atoms with Crippen molar-refractivity contribution in [3.05, 3.63) is 83.1 Å². The van der Waals surface area contributed by atoms with E-state index in [0.717, 1.165) is 42.0 Å². The van der Waals surface area contributed by atoms with Crippen molar-refractivity contribution in [2.45, 2.75) is 19.0 Å². The Morgan fingerprint density at radius 3 is 2.55 bits per heavy atom. The standard InChI is InChI=1S/C22H16F4N2O/c23-18-7-5-15(12-17(18)22(24,25)26)21-9-6-16(29-21)11-14-4-8-20(28-13-14)19-3-1-2-10-27-19/h1-3,5-7,9-12H,4,8,13H2. The molecular formula is C22H16F4N2O. The second-order valence-corrected chi connectivity index (χ2v) is 6.67. The van der Waals surface area contributed by atoms with Crippen molar-refractivity contribution in [3.8, 4) is 11.3 Å². The van der Waals surface area contributed by atoms with Crippen LogP contribution in [0.3, 0.4) is 0 Å². The second kappa shape index (κ2) is 7.66. The van der Waals surface area contributed by atoms with Crippen LogP contribution in [0.2, 0.25) is 0 Å². The molecule has 0 bridgehead atoms. The molecule has 7 heteroatoms. The van der Waals surface area contributed by atoms with Crippen LogP contribution in [0.15, 0.2) is 69.7 Å². The lowest BCUT2D eigenvalue weighted by Gasteiger charge is -2.14. The summed E-state index contributed by atoms with van der Waals surface area (Å²) in [7, 11) is 0. The van der Waals surface area contributed by atoms with Gasteiger partial charge in [0.1, 0.15) is 17.3 Å². The van der Waals surface area contributed by atoms with E-state index < -0.39 is 17.6 Å². The monoisotopic (exact) mass is 400 g/mol. The van der Waals surface area contributed by atoms with Crippen molar-refractivity contribution in [1.29, 1.82) is 0 Å². The molecule has 3 heterocycles. The molecular weight excluding hydrogens is 384 g/mol. The van der Waals surface area contributed by atoms with E-state index in [9.17, 15) is 17.6 Å². The number of rotatable bonds is 3. The molecule has 0 N–H and O–H groups in total. The highest BCUT2D eigenvalue weighted by Gasteiger charge is 2.34. The van der Waals surface area contributed by atoms with Gasteiger partial charge >= 0.3 is 6.18 Å². The molecule has 4 rings (SSSR count). The van der Waals surface area contributed by atoms with Gasteiger partial charge in [-0.1, -0.05) is 6.07 Å². The normalized spacial score (nSPS) is 16.1. The highest BCUT2D eigenvalue weighted by atomic mass is 19.4. The predicted molar refractivity (Wildman–Crippen MR) is 102 cm³/mol. The number of furan rings is 1. The summed E-state index contributed by atoms with van der Waals surface area (Å²) in [5.74, 6) is -0.542. The number of pyridine rings is 1. The van der Waals surface area contributed by atoms with Gasteiger partial charge in [0.15, 0.2) is 0 Å². The van der Waals surface area contributed by atoms with Crippen LogP contribution in [0.4, 0.5) is 17.6 Å². The van der Waals surface area contributed by atoms with E-state index in [4.69, 9.17) is 4.42 Å². The van der Waals surface area contributed by atoms with Crippen molar-refractivity contribution in [2.24, 2.45) is 4.99 Å². The molecule has 0 radical (unpaired) electrons. The Kier molecular flexibility index (Phi) is 5.05. The number of benzene rings is 1. The van der Waals surface area contributed by atoms with Crippen LogP contribution in [0, 0.1) is 5.82 Å². The predicted octanol–water partition coefficient (Wildman–Crippen LogP) is 6.17. The van der Waals surface area contributed by atoms with Gasteiger partial charge in [-0.15, -0.1) is 0 Å². The molecule has 1 aliphatic heterocycles. The first-order chi connectivity index (χ1) is 13.9. The number of alkyl halides is 3. The fourth-order valence-electron chi connectivity index (χ4n) is 3.18. The molecule has 0 aliphatic carbocycles. The molecule has 0 fully saturated rings.